The Hall–Kier alpha value is -1.16. The number of halogens is 1. The molecule has 0 heterocycles. The molecule has 2 saturated carbocycles. The summed E-state index contributed by atoms with van der Waals surface area (Å²) in [5.41, 5.74) is 1.89. The lowest BCUT2D eigenvalue weighted by molar-refractivity contribution is 0.0508. The van der Waals surface area contributed by atoms with E-state index in [2.05, 4.69) is 41.9 Å². The Kier molecular flexibility index (Phi) is 3.47. The van der Waals surface area contributed by atoms with Crippen LogP contribution in [0.5, 0.6) is 0 Å². The quantitative estimate of drug-likeness (QED) is 0.567. The molecule has 0 unspecified atom stereocenters. The summed E-state index contributed by atoms with van der Waals surface area (Å²) in [7, 11) is 0. The molecular formula is C17H20BrNO2. The van der Waals surface area contributed by atoms with E-state index in [1.165, 1.54) is 6.42 Å². The topological polar surface area (TPSA) is 38.7 Å². The van der Waals surface area contributed by atoms with Crippen molar-refractivity contribution in [3.63, 3.8) is 0 Å². The SMILES string of the molecule is CC1(C)[C@@H]2CC[C@]1(C)/C(=N\OC(=O)c1ccc(Br)cc1)C2. The van der Waals surface area contributed by atoms with Gasteiger partial charge in [0.25, 0.3) is 0 Å². The minimum atomic E-state index is -0.390. The van der Waals surface area contributed by atoms with Crippen molar-refractivity contribution in [3.8, 4) is 0 Å². The van der Waals surface area contributed by atoms with Gasteiger partial charge in [0, 0.05) is 9.89 Å². The van der Waals surface area contributed by atoms with E-state index in [0.29, 0.717) is 11.5 Å². The molecule has 1 aromatic carbocycles. The lowest BCUT2D eigenvalue weighted by atomic mass is 9.70. The summed E-state index contributed by atoms with van der Waals surface area (Å²) in [4.78, 5) is 17.2. The predicted octanol–water partition coefficient (Wildman–Crippen LogP) is 4.81. The van der Waals surface area contributed by atoms with Gasteiger partial charge in [-0.25, -0.2) is 4.79 Å². The molecule has 0 amide bonds. The second-order valence-corrected chi connectivity index (χ2v) is 7.83. The van der Waals surface area contributed by atoms with Crippen molar-refractivity contribution in [2.45, 2.75) is 40.0 Å². The monoisotopic (exact) mass is 349 g/mol. The van der Waals surface area contributed by atoms with Gasteiger partial charge in [0.1, 0.15) is 0 Å². The summed E-state index contributed by atoms with van der Waals surface area (Å²) < 4.78 is 0.938. The van der Waals surface area contributed by atoms with Crippen LogP contribution in [0.2, 0.25) is 0 Å². The van der Waals surface area contributed by atoms with Gasteiger partial charge in [-0.15, -0.1) is 0 Å². The van der Waals surface area contributed by atoms with Crippen molar-refractivity contribution in [2.24, 2.45) is 21.9 Å². The minimum Gasteiger partial charge on any atom is -0.313 e. The molecule has 3 nitrogen and oxygen atoms in total. The number of benzene rings is 1. The summed E-state index contributed by atoms with van der Waals surface area (Å²) in [5, 5.41) is 4.23. The van der Waals surface area contributed by atoms with Gasteiger partial charge in [-0.3, -0.25) is 0 Å². The number of carbonyl (C=O) groups is 1. The van der Waals surface area contributed by atoms with E-state index in [1.54, 1.807) is 12.1 Å². The Morgan fingerprint density at radius 2 is 1.95 bits per heavy atom. The zero-order valence-corrected chi connectivity index (χ0v) is 14.2. The highest BCUT2D eigenvalue weighted by Gasteiger charge is 2.60. The van der Waals surface area contributed by atoms with E-state index < -0.39 is 0 Å². The normalized spacial score (nSPS) is 31.6. The Labute approximate surface area is 133 Å². The van der Waals surface area contributed by atoms with Gasteiger partial charge in [-0.1, -0.05) is 41.9 Å². The molecule has 0 spiro atoms. The molecule has 2 aliphatic rings. The molecule has 0 radical (unpaired) electrons. The fourth-order valence-corrected chi connectivity index (χ4v) is 4.07. The van der Waals surface area contributed by atoms with E-state index in [-0.39, 0.29) is 16.8 Å². The second-order valence-electron chi connectivity index (χ2n) is 6.92. The smallest absolute Gasteiger partial charge is 0.313 e. The van der Waals surface area contributed by atoms with Gasteiger partial charge >= 0.3 is 5.97 Å². The molecule has 112 valence electrons. The number of oxime groups is 1. The standard InChI is InChI=1S/C17H20BrNO2/c1-16(2)12-8-9-17(16,3)14(10-12)19-21-15(20)11-4-6-13(18)7-5-11/h4-7,12H,8-10H2,1-3H3/b19-14-/t12-,17-/m1/s1. The van der Waals surface area contributed by atoms with Gasteiger partial charge in [-0.05, 0) is 54.9 Å². The Balaban J connectivity index is 1.76. The van der Waals surface area contributed by atoms with Gasteiger partial charge in [-0.2, -0.15) is 0 Å². The zero-order chi connectivity index (χ0) is 15.3. The largest absolute Gasteiger partial charge is 0.365 e. The summed E-state index contributed by atoms with van der Waals surface area (Å²) in [6.07, 6.45) is 3.35. The van der Waals surface area contributed by atoms with Crippen molar-refractivity contribution < 1.29 is 9.63 Å². The van der Waals surface area contributed by atoms with Crippen molar-refractivity contribution >= 4 is 27.6 Å². The van der Waals surface area contributed by atoms with Crippen molar-refractivity contribution in [2.75, 3.05) is 0 Å². The van der Waals surface area contributed by atoms with Gasteiger partial charge in [0.15, 0.2) is 0 Å². The van der Waals surface area contributed by atoms with E-state index in [1.807, 2.05) is 12.1 Å². The summed E-state index contributed by atoms with van der Waals surface area (Å²) in [6, 6.07) is 7.12. The van der Waals surface area contributed by atoms with E-state index in [0.717, 1.165) is 23.0 Å². The number of nitrogens with zero attached hydrogens (tertiary/aromatic N) is 1. The third-order valence-electron chi connectivity index (χ3n) is 5.83. The van der Waals surface area contributed by atoms with Crippen LogP contribution in [0.3, 0.4) is 0 Å². The molecule has 21 heavy (non-hydrogen) atoms. The van der Waals surface area contributed by atoms with E-state index >= 15 is 0 Å². The predicted molar refractivity (Wildman–Crippen MR) is 86.2 cm³/mol. The highest BCUT2D eigenvalue weighted by Crippen LogP contribution is 2.63. The van der Waals surface area contributed by atoms with Crippen molar-refractivity contribution in [1.29, 1.82) is 0 Å². The molecule has 0 aliphatic heterocycles. The Bertz CT molecular complexity index is 606. The van der Waals surface area contributed by atoms with Gasteiger partial charge < -0.3 is 4.84 Å². The van der Waals surface area contributed by atoms with Gasteiger partial charge in [0.05, 0.1) is 11.3 Å². The molecule has 4 heteroatoms. The maximum Gasteiger partial charge on any atom is 0.365 e. The maximum absolute atomic E-state index is 12.0. The first-order chi connectivity index (χ1) is 9.84. The Morgan fingerprint density at radius 3 is 2.48 bits per heavy atom. The average molecular weight is 350 g/mol. The van der Waals surface area contributed by atoms with Crippen LogP contribution in [0.4, 0.5) is 0 Å². The summed E-state index contributed by atoms with van der Waals surface area (Å²) in [5.74, 6) is 0.270. The summed E-state index contributed by atoms with van der Waals surface area (Å²) >= 11 is 3.35. The molecule has 0 saturated heterocycles. The lowest BCUT2D eigenvalue weighted by Crippen LogP contribution is -2.32. The van der Waals surface area contributed by atoms with E-state index in [4.69, 9.17) is 4.84 Å². The number of hydrogen-bond acceptors (Lipinski definition) is 3. The van der Waals surface area contributed by atoms with Crippen LogP contribution in [0.25, 0.3) is 0 Å². The van der Waals surface area contributed by atoms with Crippen LogP contribution in [0.1, 0.15) is 50.4 Å². The number of rotatable bonds is 2. The molecule has 0 aromatic heterocycles. The highest BCUT2D eigenvalue weighted by atomic mass is 79.9. The van der Waals surface area contributed by atoms with Crippen LogP contribution in [-0.4, -0.2) is 11.7 Å². The first kappa shape index (κ1) is 14.8. The molecule has 1 aromatic rings. The molecule has 2 bridgehead atoms. The third kappa shape index (κ3) is 2.24. The molecule has 2 aliphatic carbocycles. The second kappa shape index (κ2) is 4.94. The number of hydrogen-bond donors (Lipinski definition) is 0. The third-order valence-corrected chi connectivity index (χ3v) is 6.36. The fraction of sp³-hybridized carbons (Fsp3) is 0.529. The summed E-state index contributed by atoms with van der Waals surface area (Å²) in [6.45, 7) is 6.87. The van der Waals surface area contributed by atoms with E-state index in [9.17, 15) is 4.79 Å². The first-order valence-electron chi connectivity index (χ1n) is 7.39. The number of fused-ring (bicyclic) bond motifs is 2. The molecular weight excluding hydrogens is 330 g/mol. The van der Waals surface area contributed by atoms with Crippen molar-refractivity contribution in [3.05, 3.63) is 34.3 Å². The zero-order valence-electron chi connectivity index (χ0n) is 12.6. The fourth-order valence-electron chi connectivity index (χ4n) is 3.80. The van der Waals surface area contributed by atoms with Crippen LogP contribution >= 0.6 is 15.9 Å². The highest BCUT2D eigenvalue weighted by molar-refractivity contribution is 9.10. The molecule has 0 N–H and O–H groups in total. The average Bonchev–Trinajstić information content (AvgIpc) is 2.78. The van der Waals surface area contributed by atoms with Crippen LogP contribution in [0, 0.1) is 16.7 Å². The van der Waals surface area contributed by atoms with Crippen molar-refractivity contribution in [1.82, 2.24) is 0 Å². The maximum atomic E-state index is 12.0. The van der Waals surface area contributed by atoms with Crippen LogP contribution < -0.4 is 0 Å². The molecule has 2 fully saturated rings. The first-order valence-corrected chi connectivity index (χ1v) is 8.18. The van der Waals surface area contributed by atoms with Crippen LogP contribution in [-0.2, 0) is 4.84 Å². The lowest BCUT2D eigenvalue weighted by Gasteiger charge is -2.34. The van der Waals surface area contributed by atoms with Gasteiger partial charge in [0.2, 0.25) is 0 Å². The Morgan fingerprint density at radius 1 is 1.29 bits per heavy atom. The van der Waals surface area contributed by atoms with Crippen LogP contribution in [0.15, 0.2) is 33.9 Å². The molecule has 2 atom stereocenters. The molecule has 3 rings (SSSR count). The minimum absolute atomic E-state index is 0.0671. The number of carbonyl (C=O) groups excluding carboxylic acids is 1.